The van der Waals surface area contributed by atoms with Gasteiger partial charge in [-0.05, 0) is 18.6 Å². The minimum Gasteiger partial charge on any atom is -0.489 e. The lowest BCUT2D eigenvalue weighted by molar-refractivity contribution is -0.128. The van der Waals surface area contributed by atoms with Gasteiger partial charge in [0.25, 0.3) is 0 Å². The van der Waals surface area contributed by atoms with Crippen LogP contribution in [0.4, 0.5) is 0 Å². The van der Waals surface area contributed by atoms with E-state index in [4.69, 9.17) is 14.7 Å². The molecule has 0 amide bonds. The summed E-state index contributed by atoms with van der Waals surface area (Å²) < 4.78 is 38.1. The molecule has 2 bridgehead atoms. The highest BCUT2D eigenvalue weighted by Gasteiger charge is 2.39. The van der Waals surface area contributed by atoms with Crippen LogP contribution >= 0.6 is 0 Å². The highest BCUT2D eigenvalue weighted by atomic mass is 32.2. The van der Waals surface area contributed by atoms with Crippen LogP contribution in [0.25, 0.3) is 0 Å². The second kappa shape index (κ2) is 9.87. The summed E-state index contributed by atoms with van der Waals surface area (Å²) in [6.07, 6.45) is 0.424. The summed E-state index contributed by atoms with van der Waals surface area (Å²) in [5.74, 6) is 0.646. The van der Waals surface area contributed by atoms with E-state index in [1.807, 2.05) is 6.92 Å². The van der Waals surface area contributed by atoms with Crippen LogP contribution in [0.1, 0.15) is 25.3 Å². The summed E-state index contributed by atoms with van der Waals surface area (Å²) in [5, 5.41) is 19.5. The van der Waals surface area contributed by atoms with Gasteiger partial charge in [0.2, 0.25) is 10.0 Å². The van der Waals surface area contributed by atoms with E-state index < -0.39 is 16.1 Å². The number of unbranched alkanes of at least 4 members (excludes halogenated alkanes) is 1. The number of fused-ring (bicyclic) bond motifs is 2. The standard InChI is InChI=1S/C20H29N3O5S/c1-2-3-8-29(25,26)23-13-18-11-22(12-19(14-23)28-18)10-17(24)15-27-20-7-5-4-6-16(20)9-21/h4-7,17-19,24H,2-3,8,10-15H2,1H3. The number of aliphatic hydroxyl groups excluding tert-OH is 1. The van der Waals surface area contributed by atoms with Crippen molar-refractivity contribution >= 4 is 10.0 Å². The first-order chi connectivity index (χ1) is 13.9. The zero-order chi connectivity index (χ0) is 20.9. The Labute approximate surface area is 172 Å². The Bertz CT molecular complexity index is 812. The molecule has 0 aromatic heterocycles. The third-order valence-corrected chi connectivity index (χ3v) is 7.07. The zero-order valence-electron chi connectivity index (χ0n) is 16.7. The Hall–Kier alpha value is -1.70. The van der Waals surface area contributed by atoms with Gasteiger partial charge in [-0.3, -0.25) is 4.90 Å². The average molecular weight is 424 g/mol. The average Bonchev–Trinajstić information content (AvgIpc) is 2.70. The van der Waals surface area contributed by atoms with Crippen LogP contribution in [0.5, 0.6) is 5.75 Å². The lowest BCUT2D eigenvalue weighted by Gasteiger charge is -2.45. The molecule has 0 aliphatic carbocycles. The Morgan fingerprint density at radius 1 is 1.28 bits per heavy atom. The van der Waals surface area contributed by atoms with Gasteiger partial charge in [-0.15, -0.1) is 0 Å². The predicted octanol–water partition coefficient (Wildman–Crippen LogP) is 0.813. The number of hydrogen-bond donors (Lipinski definition) is 1. The van der Waals surface area contributed by atoms with E-state index >= 15 is 0 Å². The fourth-order valence-corrected chi connectivity index (χ4v) is 5.49. The van der Waals surface area contributed by atoms with E-state index in [1.165, 1.54) is 0 Å². The lowest BCUT2D eigenvalue weighted by Crippen LogP contribution is -2.61. The molecular formula is C20H29N3O5S. The summed E-state index contributed by atoms with van der Waals surface area (Å²) in [7, 11) is -3.23. The summed E-state index contributed by atoms with van der Waals surface area (Å²) in [5.41, 5.74) is 0.435. The number of nitrogens with zero attached hydrogens (tertiary/aromatic N) is 3. The molecule has 3 unspecified atom stereocenters. The first kappa shape index (κ1) is 22.0. The van der Waals surface area contributed by atoms with E-state index in [2.05, 4.69) is 11.0 Å². The van der Waals surface area contributed by atoms with Crippen molar-refractivity contribution in [3.05, 3.63) is 29.8 Å². The van der Waals surface area contributed by atoms with Gasteiger partial charge < -0.3 is 14.6 Å². The maximum Gasteiger partial charge on any atom is 0.214 e. The molecule has 8 nitrogen and oxygen atoms in total. The van der Waals surface area contributed by atoms with E-state index in [0.717, 1.165) is 6.42 Å². The molecule has 2 saturated heterocycles. The fraction of sp³-hybridized carbons (Fsp3) is 0.650. The quantitative estimate of drug-likeness (QED) is 0.627. The number of benzene rings is 1. The molecule has 0 spiro atoms. The summed E-state index contributed by atoms with van der Waals surface area (Å²) in [6, 6.07) is 8.99. The van der Waals surface area contributed by atoms with Crippen LogP contribution in [-0.4, -0.2) is 86.1 Å². The van der Waals surface area contributed by atoms with Gasteiger partial charge in [0.1, 0.15) is 24.5 Å². The van der Waals surface area contributed by atoms with Crippen molar-refractivity contribution in [1.82, 2.24) is 9.21 Å². The summed E-state index contributed by atoms with van der Waals surface area (Å²) in [6.45, 7) is 4.35. The van der Waals surface area contributed by atoms with Crippen LogP contribution in [0.15, 0.2) is 24.3 Å². The zero-order valence-corrected chi connectivity index (χ0v) is 17.6. The second-order valence-electron chi connectivity index (χ2n) is 7.66. The van der Waals surface area contributed by atoms with Gasteiger partial charge in [0.05, 0.1) is 23.5 Å². The van der Waals surface area contributed by atoms with Crippen LogP contribution in [0, 0.1) is 11.3 Å². The molecule has 160 valence electrons. The number of nitriles is 1. The molecule has 2 aliphatic rings. The molecule has 0 radical (unpaired) electrons. The van der Waals surface area contributed by atoms with Crippen molar-refractivity contribution in [3.63, 3.8) is 0 Å². The molecule has 29 heavy (non-hydrogen) atoms. The van der Waals surface area contributed by atoms with Gasteiger partial charge in [0.15, 0.2) is 0 Å². The fourth-order valence-electron chi connectivity index (χ4n) is 3.79. The molecule has 0 saturated carbocycles. The maximum atomic E-state index is 12.5. The number of aliphatic hydroxyl groups is 1. The number of sulfonamides is 1. The maximum absolute atomic E-state index is 12.5. The van der Waals surface area contributed by atoms with E-state index in [9.17, 15) is 13.5 Å². The Kier molecular flexibility index (Phi) is 7.49. The van der Waals surface area contributed by atoms with E-state index in [-0.39, 0.29) is 24.6 Å². The van der Waals surface area contributed by atoms with Crippen LogP contribution in [-0.2, 0) is 14.8 Å². The first-order valence-electron chi connectivity index (χ1n) is 10.1. The molecule has 9 heteroatoms. The van der Waals surface area contributed by atoms with Crippen LogP contribution in [0.3, 0.4) is 0 Å². The largest absolute Gasteiger partial charge is 0.489 e. The van der Waals surface area contributed by atoms with Crippen molar-refractivity contribution < 1.29 is 23.0 Å². The first-order valence-corrected chi connectivity index (χ1v) is 11.7. The van der Waals surface area contributed by atoms with Crippen molar-refractivity contribution in [2.24, 2.45) is 0 Å². The van der Waals surface area contributed by atoms with Crippen LogP contribution < -0.4 is 4.74 Å². The molecule has 3 atom stereocenters. The van der Waals surface area contributed by atoms with Crippen LogP contribution in [0.2, 0.25) is 0 Å². The predicted molar refractivity (Wildman–Crippen MR) is 108 cm³/mol. The van der Waals surface area contributed by atoms with Crippen molar-refractivity contribution in [3.8, 4) is 11.8 Å². The van der Waals surface area contributed by atoms with Gasteiger partial charge in [-0.25, -0.2) is 8.42 Å². The smallest absolute Gasteiger partial charge is 0.214 e. The normalized spacial score (nSPS) is 24.0. The van der Waals surface area contributed by atoms with Crippen molar-refractivity contribution in [1.29, 1.82) is 5.26 Å². The van der Waals surface area contributed by atoms with Crippen molar-refractivity contribution in [2.45, 2.75) is 38.1 Å². The number of morpholine rings is 2. The molecule has 1 N–H and O–H groups in total. The number of β-amino-alcohol motifs (C(OH)–C–C–N with tert-alkyl or cyclic N) is 1. The minimum absolute atomic E-state index is 0.0862. The Balaban J connectivity index is 1.49. The molecule has 2 aliphatic heterocycles. The lowest BCUT2D eigenvalue weighted by atomic mass is 10.1. The van der Waals surface area contributed by atoms with Gasteiger partial charge in [0, 0.05) is 32.7 Å². The second-order valence-corrected chi connectivity index (χ2v) is 9.75. The third kappa shape index (κ3) is 5.90. The number of ether oxygens (including phenoxy) is 2. The molecule has 1 aromatic carbocycles. The van der Waals surface area contributed by atoms with Gasteiger partial charge in [-0.1, -0.05) is 25.5 Å². The Morgan fingerprint density at radius 2 is 1.97 bits per heavy atom. The third-order valence-electron chi connectivity index (χ3n) is 5.18. The molecule has 2 fully saturated rings. The summed E-state index contributed by atoms with van der Waals surface area (Å²) >= 11 is 0. The number of hydrogen-bond acceptors (Lipinski definition) is 7. The van der Waals surface area contributed by atoms with E-state index in [1.54, 1.807) is 28.6 Å². The topological polar surface area (TPSA) is 103 Å². The highest BCUT2D eigenvalue weighted by molar-refractivity contribution is 7.89. The minimum atomic E-state index is -3.23. The Morgan fingerprint density at radius 3 is 2.62 bits per heavy atom. The SMILES string of the molecule is CCCCS(=O)(=O)N1CC2CN(CC(O)COc3ccccc3C#N)CC(C1)O2. The van der Waals surface area contributed by atoms with Gasteiger partial charge in [-0.2, -0.15) is 9.57 Å². The van der Waals surface area contributed by atoms with Crippen molar-refractivity contribution in [2.75, 3.05) is 45.1 Å². The van der Waals surface area contributed by atoms with Gasteiger partial charge >= 0.3 is 0 Å². The molecular weight excluding hydrogens is 394 g/mol. The molecule has 2 heterocycles. The number of para-hydroxylation sites is 1. The summed E-state index contributed by atoms with van der Waals surface area (Å²) in [4.78, 5) is 2.10. The monoisotopic (exact) mass is 423 g/mol. The molecule has 3 rings (SSSR count). The highest BCUT2D eigenvalue weighted by Crippen LogP contribution is 2.22. The number of rotatable bonds is 9. The van der Waals surface area contributed by atoms with E-state index in [0.29, 0.717) is 50.5 Å². The molecule has 1 aromatic rings.